The number of allylic oxidation sites excluding steroid dienone is 4. The number of ether oxygens (including phenoxy) is 1. The molecule has 1 radical (unpaired) electrons. The standard InChI is InChI=1S/C13H20NO2/c1-5-14(6-2)13(15)16-12-8-7-10(3)9-11(12)4/h8-9H,5-7H2,1-4H3. The molecule has 1 aliphatic rings. The topological polar surface area (TPSA) is 29.5 Å². The van der Waals surface area contributed by atoms with Gasteiger partial charge in [-0.25, -0.2) is 4.79 Å². The quantitative estimate of drug-likeness (QED) is 0.733. The third kappa shape index (κ3) is 3.12. The third-order valence-corrected chi connectivity index (χ3v) is 2.68. The van der Waals surface area contributed by atoms with Crippen molar-refractivity contribution in [3.8, 4) is 0 Å². The predicted octanol–water partition coefficient (Wildman–Crippen LogP) is 3.29. The van der Waals surface area contributed by atoms with E-state index in [1.54, 1.807) is 4.90 Å². The Morgan fingerprint density at radius 3 is 2.50 bits per heavy atom. The Labute approximate surface area is 97.8 Å². The van der Waals surface area contributed by atoms with Crippen LogP contribution in [0.4, 0.5) is 4.79 Å². The zero-order valence-electron chi connectivity index (χ0n) is 10.5. The van der Waals surface area contributed by atoms with Crippen LogP contribution >= 0.6 is 0 Å². The molecule has 0 aromatic heterocycles. The van der Waals surface area contributed by atoms with Gasteiger partial charge in [0.2, 0.25) is 0 Å². The van der Waals surface area contributed by atoms with Gasteiger partial charge in [-0.05, 0) is 39.7 Å². The summed E-state index contributed by atoms with van der Waals surface area (Å²) in [6.07, 6.45) is 4.62. The van der Waals surface area contributed by atoms with Crippen LogP contribution in [0.5, 0.6) is 0 Å². The highest BCUT2D eigenvalue weighted by Gasteiger charge is 2.17. The van der Waals surface area contributed by atoms with Gasteiger partial charge in [0, 0.05) is 19.5 Å². The van der Waals surface area contributed by atoms with Crippen LogP contribution in [0, 0.1) is 6.42 Å². The maximum absolute atomic E-state index is 11.7. The Balaban J connectivity index is 2.67. The fourth-order valence-electron chi connectivity index (χ4n) is 1.68. The predicted molar refractivity (Wildman–Crippen MR) is 64.8 cm³/mol. The summed E-state index contributed by atoms with van der Waals surface area (Å²) in [5, 5.41) is 0. The number of carbonyl (C=O) groups excluding carboxylic acids is 1. The van der Waals surface area contributed by atoms with Crippen molar-refractivity contribution in [2.24, 2.45) is 0 Å². The van der Waals surface area contributed by atoms with Crippen molar-refractivity contribution in [3.63, 3.8) is 0 Å². The molecule has 0 unspecified atom stereocenters. The first-order valence-corrected chi connectivity index (χ1v) is 5.76. The Bertz CT molecular complexity index is 325. The smallest absolute Gasteiger partial charge is 0.414 e. The molecule has 0 bridgehead atoms. The highest BCUT2D eigenvalue weighted by Crippen LogP contribution is 2.23. The second-order valence-electron chi connectivity index (χ2n) is 3.99. The first-order valence-electron chi connectivity index (χ1n) is 5.76. The Morgan fingerprint density at radius 2 is 2.00 bits per heavy atom. The number of rotatable bonds is 3. The summed E-state index contributed by atoms with van der Waals surface area (Å²) in [5.74, 6) is 0.697. The molecule has 0 fully saturated rings. The van der Waals surface area contributed by atoms with Gasteiger partial charge >= 0.3 is 6.09 Å². The minimum absolute atomic E-state index is 0.261. The lowest BCUT2D eigenvalue weighted by atomic mass is 10.0. The van der Waals surface area contributed by atoms with Crippen molar-refractivity contribution in [3.05, 3.63) is 29.4 Å². The number of hydrogen-bond acceptors (Lipinski definition) is 2. The lowest BCUT2D eigenvalue weighted by Crippen LogP contribution is -2.31. The highest BCUT2D eigenvalue weighted by atomic mass is 16.6. The van der Waals surface area contributed by atoms with Crippen LogP contribution < -0.4 is 0 Å². The fourth-order valence-corrected chi connectivity index (χ4v) is 1.68. The highest BCUT2D eigenvalue weighted by molar-refractivity contribution is 5.69. The average Bonchev–Trinajstić information content (AvgIpc) is 2.24. The van der Waals surface area contributed by atoms with Crippen LogP contribution in [0.25, 0.3) is 0 Å². The molecule has 0 aromatic carbocycles. The van der Waals surface area contributed by atoms with Crippen LogP contribution in [-0.4, -0.2) is 24.1 Å². The molecule has 0 atom stereocenters. The van der Waals surface area contributed by atoms with E-state index in [2.05, 4.69) is 13.0 Å². The zero-order valence-corrected chi connectivity index (χ0v) is 10.5. The van der Waals surface area contributed by atoms with Gasteiger partial charge in [0.05, 0.1) is 0 Å². The molecular formula is C13H20NO2. The molecule has 0 saturated heterocycles. The molecule has 89 valence electrons. The third-order valence-electron chi connectivity index (χ3n) is 2.68. The molecule has 0 N–H and O–H groups in total. The van der Waals surface area contributed by atoms with Crippen molar-refractivity contribution in [2.75, 3.05) is 13.1 Å². The molecule has 1 amide bonds. The van der Waals surface area contributed by atoms with E-state index in [-0.39, 0.29) is 6.09 Å². The van der Waals surface area contributed by atoms with Crippen LogP contribution in [0.15, 0.2) is 23.0 Å². The second-order valence-corrected chi connectivity index (χ2v) is 3.99. The molecule has 1 rings (SSSR count). The maximum Gasteiger partial charge on any atom is 0.414 e. The minimum atomic E-state index is -0.261. The number of hydrogen-bond donors (Lipinski definition) is 0. The molecule has 0 aliphatic heterocycles. The zero-order chi connectivity index (χ0) is 12.1. The molecular weight excluding hydrogens is 202 g/mol. The van der Waals surface area contributed by atoms with Crippen molar-refractivity contribution >= 4 is 6.09 Å². The minimum Gasteiger partial charge on any atom is -0.414 e. The average molecular weight is 222 g/mol. The Hall–Kier alpha value is -1.25. The van der Waals surface area contributed by atoms with Gasteiger partial charge < -0.3 is 9.64 Å². The van der Waals surface area contributed by atoms with E-state index >= 15 is 0 Å². The SMILES string of the molecule is CCN(CC)C(=O)OC1=C(C)C=C(C)C[CH]1. The summed E-state index contributed by atoms with van der Waals surface area (Å²) < 4.78 is 5.36. The van der Waals surface area contributed by atoms with Crippen LogP contribution in [0.2, 0.25) is 0 Å². The summed E-state index contributed by atoms with van der Waals surface area (Å²) in [6, 6.07) is 0. The molecule has 0 heterocycles. The molecule has 0 aromatic rings. The van der Waals surface area contributed by atoms with E-state index in [4.69, 9.17) is 4.74 Å². The Morgan fingerprint density at radius 1 is 1.38 bits per heavy atom. The van der Waals surface area contributed by atoms with E-state index in [9.17, 15) is 4.79 Å². The van der Waals surface area contributed by atoms with E-state index in [1.807, 2.05) is 27.2 Å². The van der Waals surface area contributed by atoms with Crippen LogP contribution in [-0.2, 0) is 4.74 Å². The second kappa shape index (κ2) is 5.73. The summed E-state index contributed by atoms with van der Waals surface area (Å²) in [7, 11) is 0. The van der Waals surface area contributed by atoms with Crippen molar-refractivity contribution < 1.29 is 9.53 Å². The van der Waals surface area contributed by atoms with Crippen molar-refractivity contribution in [1.82, 2.24) is 4.90 Å². The van der Waals surface area contributed by atoms with Crippen molar-refractivity contribution in [2.45, 2.75) is 34.1 Å². The first kappa shape index (κ1) is 12.8. The number of carbonyl (C=O) groups is 1. The monoisotopic (exact) mass is 222 g/mol. The molecule has 1 aliphatic carbocycles. The van der Waals surface area contributed by atoms with Gasteiger partial charge in [0.25, 0.3) is 0 Å². The van der Waals surface area contributed by atoms with Crippen LogP contribution in [0.3, 0.4) is 0 Å². The molecule has 3 nitrogen and oxygen atoms in total. The van der Waals surface area contributed by atoms with E-state index in [0.29, 0.717) is 18.8 Å². The van der Waals surface area contributed by atoms with Gasteiger partial charge in [-0.2, -0.15) is 0 Å². The van der Waals surface area contributed by atoms with Gasteiger partial charge in [-0.3, -0.25) is 0 Å². The molecule has 0 saturated carbocycles. The summed E-state index contributed by atoms with van der Waals surface area (Å²) >= 11 is 0. The lowest BCUT2D eigenvalue weighted by molar-refractivity contribution is 0.133. The van der Waals surface area contributed by atoms with Gasteiger partial charge in [0.1, 0.15) is 5.76 Å². The van der Waals surface area contributed by atoms with Gasteiger partial charge in [-0.1, -0.05) is 11.6 Å². The largest absolute Gasteiger partial charge is 0.414 e. The van der Waals surface area contributed by atoms with E-state index < -0.39 is 0 Å². The summed E-state index contributed by atoms with van der Waals surface area (Å²) in [5.41, 5.74) is 2.31. The maximum atomic E-state index is 11.7. The normalized spacial score (nSPS) is 15.9. The summed E-state index contributed by atoms with van der Waals surface area (Å²) in [4.78, 5) is 13.4. The first-order chi connectivity index (χ1) is 7.58. The number of amides is 1. The fraction of sp³-hybridized carbons (Fsp3) is 0.538. The van der Waals surface area contributed by atoms with Crippen molar-refractivity contribution in [1.29, 1.82) is 0 Å². The van der Waals surface area contributed by atoms with E-state index in [1.165, 1.54) is 5.57 Å². The lowest BCUT2D eigenvalue weighted by Gasteiger charge is -2.21. The number of nitrogens with zero attached hydrogens (tertiary/aromatic N) is 1. The van der Waals surface area contributed by atoms with Gasteiger partial charge in [-0.15, -0.1) is 0 Å². The molecule has 0 spiro atoms. The Kier molecular flexibility index (Phi) is 4.59. The van der Waals surface area contributed by atoms with Gasteiger partial charge in [0.15, 0.2) is 0 Å². The van der Waals surface area contributed by atoms with Crippen LogP contribution in [0.1, 0.15) is 34.1 Å². The summed E-state index contributed by atoms with van der Waals surface area (Å²) in [6.45, 7) is 9.28. The molecule has 16 heavy (non-hydrogen) atoms. The van der Waals surface area contributed by atoms with E-state index in [0.717, 1.165) is 12.0 Å². The molecule has 3 heteroatoms.